The number of carbonyl (C=O) groups excluding carboxylic acids is 1. The van der Waals surface area contributed by atoms with E-state index in [1.165, 1.54) is 12.8 Å². The summed E-state index contributed by atoms with van der Waals surface area (Å²) in [4.78, 5) is 14.4. The van der Waals surface area contributed by atoms with Crippen LogP contribution in [0.15, 0.2) is 0 Å². The molecule has 1 amide bonds. The molecule has 1 aliphatic heterocycles. The molecule has 19 heavy (non-hydrogen) atoms. The molecule has 0 spiro atoms. The molecule has 5 heteroatoms. The van der Waals surface area contributed by atoms with E-state index in [0.717, 1.165) is 25.8 Å². The quantitative estimate of drug-likeness (QED) is 0.777. The third kappa shape index (κ3) is 3.94. The number of hydrogen-bond donors (Lipinski definition) is 0. The van der Waals surface area contributed by atoms with Crippen molar-refractivity contribution in [3.63, 3.8) is 0 Å². The van der Waals surface area contributed by atoms with Gasteiger partial charge in [-0.25, -0.2) is 8.42 Å². The Bertz CT molecular complexity index is 412. The lowest BCUT2D eigenvalue weighted by atomic mass is 10.0. The molecule has 4 nitrogen and oxygen atoms in total. The average molecular weight is 287 g/mol. The van der Waals surface area contributed by atoms with E-state index in [2.05, 4.69) is 6.92 Å². The van der Waals surface area contributed by atoms with Crippen molar-refractivity contribution < 1.29 is 13.2 Å². The lowest BCUT2D eigenvalue weighted by Crippen LogP contribution is -2.40. The number of hydrogen-bond acceptors (Lipinski definition) is 3. The van der Waals surface area contributed by atoms with Crippen LogP contribution in [0.25, 0.3) is 0 Å². The van der Waals surface area contributed by atoms with E-state index >= 15 is 0 Å². The van der Waals surface area contributed by atoms with Crippen LogP contribution in [0, 0.1) is 5.92 Å². The van der Waals surface area contributed by atoms with Crippen molar-refractivity contribution >= 4 is 15.7 Å². The molecule has 0 radical (unpaired) electrons. The Kier molecular flexibility index (Phi) is 4.87. The Hall–Kier alpha value is -0.580. The Morgan fingerprint density at radius 2 is 1.89 bits per heavy atom. The zero-order valence-electron chi connectivity index (χ0n) is 11.8. The molecule has 0 N–H and O–H groups in total. The van der Waals surface area contributed by atoms with E-state index in [4.69, 9.17) is 0 Å². The number of sulfone groups is 1. The van der Waals surface area contributed by atoms with Crippen molar-refractivity contribution in [2.45, 2.75) is 57.9 Å². The minimum absolute atomic E-state index is 0.0539. The van der Waals surface area contributed by atoms with E-state index < -0.39 is 9.84 Å². The maximum atomic E-state index is 12.4. The monoisotopic (exact) mass is 287 g/mol. The molecule has 0 aromatic rings. The van der Waals surface area contributed by atoms with Gasteiger partial charge in [-0.15, -0.1) is 0 Å². The first kappa shape index (κ1) is 14.8. The first-order chi connectivity index (χ1) is 9.02. The van der Waals surface area contributed by atoms with Crippen LogP contribution in [-0.4, -0.2) is 43.3 Å². The van der Waals surface area contributed by atoms with Crippen molar-refractivity contribution in [2.24, 2.45) is 5.92 Å². The number of nitrogens with zero attached hydrogens (tertiary/aromatic N) is 1. The number of carbonyl (C=O) groups is 1. The highest BCUT2D eigenvalue weighted by Crippen LogP contribution is 2.27. The highest BCUT2D eigenvalue weighted by Gasteiger charge is 2.32. The molecule has 0 bridgehead atoms. The van der Waals surface area contributed by atoms with E-state index in [0.29, 0.717) is 18.9 Å². The van der Waals surface area contributed by atoms with Crippen LogP contribution in [-0.2, 0) is 14.6 Å². The molecule has 2 aliphatic rings. The summed E-state index contributed by atoms with van der Waals surface area (Å²) in [5.41, 5.74) is 0. The van der Waals surface area contributed by atoms with Crippen molar-refractivity contribution in [3.8, 4) is 0 Å². The molecular weight excluding hydrogens is 262 g/mol. The zero-order valence-corrected chi connectivity index (χ0v) is 12.6. The fourth-order valence-electron chi connectivity index (χ4n) is 3.36. The second-order valence-electron chi connectivity index (χ2n) is 6.00. The van der Waals surface area contributed by atoms with Crippen molar-refractivity contribution in [1.29, 1.82) is 0 Å². The first-order valence-electron chi connectivity index (χ1n) is 7.51. The molecule has 0 unspecified atom stereocenters. The smallest absolute Gasteiger partial charge is 0.223 e. The van der Waals surface area contributed by atoms with Gasteiger partial charge in [0.25, 0.3) is 0 Å². The van der Waals surface area contributed by atoms with E-state index in [9.17, 15) is 13.2 Å². The molecule has 2 rings (SSSR count). The van der Waals surface area contributed by atoms with Crippen molar-refractivity contribution in [3.05, 3.63) is 0 Å². The molecule has 1 aliphatic carbocycles. The van der Waals surface area contributed by atoms with Gasteiger partial charge in [-0.1, -0.05) is 19.8 Å². The van der Waals surface area contributed by atoms with Gasteiger partial charge in [0, 0.05) is 19.0 Å². The lowest BCUT2D eigenvalue weighted by molar-refractivity contribution is -0.134. The van der Waals surface area contributed by atoms with Gasteiger partial charge in [-0.3, -0.25) is 4.79 Å². The fourth-order valence-corrected chi connectivity index (χ4v) is 5.23. The zero-order chi connectivity index (χ0) is 13.9. The molecule has 0 aromatic carbocycles. The van der Waals surface area contributed by atoms with Gasteiger partial charge in [-0.05, 0) is 31.6 Å². The first-order valence-corrected chi connectivity index (χ1v) is 9.34. The molecule has 0 aromatic heterocycles. The summed E-state index contributed by atoms with van der Waals surface area (Å²) in [6.45, 7) is 2.91. The number of rotatable bonds is 5. The van der Waals surface area contributed by atoms with Crippen LogP contribution in [0.1, 0.15) is 51.9 Å². The predicted molar refractivity (Wildman–Crippen MR) is 75.6 cm³/mol. The largest absolute Gasteiger partial charge is 0.340 e. The van der Waals surface area contributed by atoms with Crippen LogP contribution in [0.3, 0.4) is 0 Å². The van der Waals surface area contributed by atoms with Gasteiger partial charge in [0.05, 0.1) is 11.5 Å². The SMILES string of the molecule is CCCN(C(=O)C[C@@H]1CCS(=O)(=O)C1)C1CCCC1. The predicted octanol–water partition coefficient (Wildman–Crippen LogP) is 1.99. The standard InChI is InChI=1S/C14H25NO3S/c1-2-8-15(13-5-3-4-6-13)14(16)10-12-7-9-19(17,18)11-12/h12-13H,2-11H2,1H3/t12-/m0/s1. The summed E-state index contributed by atoms with van der Waals surface area (Å²) in [6, 6.07) is 0.408. The minimum Gasteiger partial charge on any atom is -0.340 e. The Morgan fingerprint density at radius 1 is 1.21 bits per heavy atom. The summed E-state index contributed by atoms with van der Waals surface area (Å²) in [6.07, 6.45) is 6.75. The summed E-state index contributed by atoms with van der Waals surface area (Å²) in [5, 5.41) is 0. The Balaban J connectivity index is 1.92. The second-order valence-corrected chi connectivity index (χ2v) is 8.23. The van der Waals surface area contributed by atoms with Crippen LogP contribution < -0.4 is 0 Å². The van der Waals surface area contributed by atoms with Crippen LogP contribution in [0.4, 0.5) is 0 Å². The number of amides is 1. The third-order valence-electron chi connectivity index (χ3n) is 4.34. The normalized spacial score (nSPS) is 26.7. The van der Waals surface area contributed by atoms with Crippen molar-refractivity contribution in [1.82, 2.24) is 4.90 Å². The summed E-state index contributed by atoms with van der Waals surface area (Å²) in [7, 11) is -2.87. The van der Waals surface area contributed by atoms with Crippen LogP contribution in [0.5, 0.6) is 0 Å². The highest BCUT2D eigenvalue weighted by molar-refractivity contribution is 7.91. The van der Waals surface area contributed by atoms with Gasteiger partial charge in [0.15, 0.2) is 9.84 Å². The Morgan fingerprint density at radius 3 is 2.42 bits per heavy atom. The Labute approximate surface area is 116 Å². The molecule has 1 saturated heterocycles. The van der Waals surface area contributed by atoms with E-state index in [-0.39, 0.29) is 23.3 Å². The van der Waals surface area contributed by atoms with Gasteiger partial charge >= 0.3 is 0 Å². The van der Waals surface area contributed by atoms with Gasteiger partial charge in [-0.2, -0.15) is 0 Å². The topological polar surface area (TPSA) is 54.5 Å². The van der Waals surface area contributed by atoms with Gasteiger partial charge in [0.1, 0.15) is 0 Å². The lowest BCUT2D eigenvalue weighted by Gasteiger charge is -2.29. The maximum Gasteiger partial charge on any atom is 0.223 e. The average Bonchev–Trinajstić information content (AvgIpc) is 2.95. The van der Waals surface area contributed by atoms with Crippen LogP contribution in [0.2, 0.25) is 0 Å². The van der Waals surface area contributed by atoms with Crippen molar-refractivity contribution in [2.75, 3.05) is 18.1 Å². The molecule has 1 heterocycles. The highest BCUT2D eigenvalue weighted by atomic mass is 32.2. The minimum atomic E-state index is -2.87. The molecular formula is C14H25NO3S. The van der Waals surface area contributed by atoms with Gasteiger partial charge < -0.3 is 4.90 Å². The fraction of sp³-hybridized carbons (Fsp3) is 0.929. The second kappa shape index (κ2) is 6.25. The van der Waals surface area contributed by atoms with E-state index in [1.807, 2.05) is 4.90 Å². The molecule has 110 valence electrons. The van der Waals surface area contributed by atoms with Gasteiger partial charge in [0.2, 0.25) is 5.91 Å². The molecule has 1 atom stereocenters. The molecule has 1 saturated carbocycles. The summed E-state index contributed by atoms with van der Waals surface area (Å²) < 4.78 is 22.9. The molecule has 2 fully saturated rings. The third-order valence-corrected chi connectivity index (χ3v) is 6.18. The maximum absolute atomic E-state index is 12.4. The van der Waals surface area contributed by atoms with E-state index in [1.54, 1.807) is 0 Å². The summed E-state index contributed by atoms with van der Waals surface area (Å²) in [5.74, 6) is 0.708. The van der Waals surface area contributed by atoms with Crippen LogP contribution >= 0.6 is 0 Å². The summed E-state index contributed by atoms with van der Waals surface area (Å²) >= 11 is 0.